The van der Waals surface area contributed by atoms with Crippen molar-refractivity contribution in [2.24, 2.45) is 0 Å². The van der Waals surface area contributed by atoms with E-state index in [0.29, 0.717) is 36.4 Å². The molecule has 134 valence electrons. The van der Waals surface area contributed by atoms with Crippen LogP contribution in [0.2, 0.25) is 0 Å². The summed E-state index contributed by atoms with van der Waals surface area (Å²) < 4.78 is 13.2. The molecule has 2 aromatic rings. The third-order valence-corrected chi connectivity index (χ3v) is 4.37. The van der Waals surface area contributed by atoms with E-state index in [1.54, 1.807) is 15.9 Å². The summed E-state index contributed by atoms with van der Waals surface area (Å²) in [6.07, 6.45) is -0.114. The molecule has 0 saturated carbocycles. The van der Waals surface area contributed by atoms with Crippen molar-refractivity contribution in [3.63, 3.8) is 0 Å². The van der Waals surface area contributed by atoms with Gasteiger partial charge in [-0.1, -0.05) is 0 Å². The molecule has 1 saturated heterocycles. The summed E-state index contributed by atoms with van der Waals surface area (Å²) in [5.41, 5.74) is 1.26. The smallest absolute Gasteiger partial charge is 0.223 e. The van der Waals surface area contributed by atoms with Crippen LogP contribution in [0.4, 0.5) is 4.39 Å². The lowest BCUT2D eigenvalue weighted by molar-refractivity contribution is -0.132. The van der Waals surface area contributed by atoms with E-state index < -0.39 is 6.10 Å². The summed E-state index contributed by atoms with van der Waals surface area (Å²) in [6, 6.07) is 4.31. The monoisotopic (exact) mass is 348 g/mol. The number of β-amino-alcohol motifs (C(OH)–C–C–N with tert-alkyl or cyclic N) is 1. The highest BCUT2D eigenvalue weighted by atomic mass is 19.1. The van der Waals surface area contributed by atoms with Gasteiger partial charge in [0.25, 0.3) is 0 Å². The molecule has 8 heteroatoms. The first-order valence-corrected chi connectivity index (χ1v) is 8.28. The van der Waals surface area contributed by atoms with E-state index in [1.807, 2.05) is 0 Å². The quantitative estimate of drug-likeness (QED) is 0.854. The molecule has 1 aliphatic heterocycles. The van der Waals surface area contributed by atoms with Crippen LogP contribution in [0.25, 0.3) is 11.0 Å². The topological polar surface area (TPSA) is 89.5 Å². The van der Waals surface area contributed by atoms with Crippen molar-refractivity contribution < 1.29 is 19.1 Å². The SMILES string of the molecule is CC(=O)N1CCN(C(=O)CCc2nc3ccc(F)cc3[nH]2)C[C@H](O)C1. The number of hydrogen-bond donors (Lipinski definition) is 2. The van der Waals surface area contributed by atoms with E-state index in [1.165, 1.54) is 19.1 Å². The molecule has 1 aromatic heterocycles. The zero-order valence-electron chi connectivity index (χ0n) is 14.0. The number of aliphatic hydroxyl groups is 1. The summed E-state index contributed by atoms with van der Waals surface area (Å²) in [6.45, 7) is 2.74. The number of hydrogen-bond acceptors (Lipinski definition) is 4. The Hall–Kier alpha value is -2.48. The Kier molecular flexibility index (Phi) is 4.98. The number of H-pyrrole nitrogens is 1. The normalized spacial score (nSPS) is 18.4. The van der Waals surface area contributed by atoms with Crippen molar-refractivity contribution >= 4 is 22.8 Å². The number of nitrogens with one attached hydrogen (secondary N) is 1. The van der Waals surface area contributed by atoms with Crippen LogP contribution in [-0.2, 0) is 16.0 Å². The molecule has 0 aliphatic carbocycles. The highest BCUT2D eigenvalue weighted by Gasteiger charge is 2.25. The number of rotatable bonds is 3. The van der Waals surface area contributed by atoms with E-state index >= 15 is 0 Å². The maximum absolute atomic E-state index is 13.2. The van der Waals surface area contributed by atoms with Gasteiger partial charge < -0.3 is 19.9 Å². The van der Waals surface area contributed by atoms with Gasteiger partial charge in [-0.25, -0.2) is 9.37 Å². The third kappa shape index (κ3) is 4.14. The van der Waals surface area contributed by atoms with Crippen LogP contribution in [-0.4, -0.2) is 69.0 Å². The van der Waals surface area contributed by atoms with Gasteiger partial charge in [-0.3, -0.25) is 9.59 Å². The summed E-state index contributed by atoms with van der Waals surface area (Å²) in [5, 5.41) is 9.99. The minimum atomic E-state index is -0.746. The zero-order valence-corrected chi connectivity index (χ0v) is 14.0. The number of aromatic nitrogens is 2. The molecule has 0 radical (unpaired) electrons. The zero-order chi connectivity index (χ0) is 18.0. The molecule has 1 atom stereocenters. The van der Waals surface area contributed by atoms with Crippen molar-refractivity contribution in [2.75, 3.05) is 26.2 Å². The first kappa shape index (κ1) is 17.3. The average Bonchev–Trinajstić information content (AvgIpc) is 2.85. The lowest BCUT2D eigenvalue weighted by Gasteiger charge is -2.21. The highest BCUT2D eigenvalue weighted by molar-refractivity contribution is 5.78. The number of imidazole rings is 1. The van der Waals surface area contributed by atoms with Crippen LogP contribution in [0, 0.1) is 5.82 Å². The summed E-state index contributed by atoms with van der Waals surface area (Å²) in [4.78, 5) is 34.4. The van der Waals surface area contributed by atoms with Gasteiger partial charge in [-0.05, 0) is 18.2 Å². The molecule has 7 nitrogen and oxygen atoms in total. The summed E-state index contributed by atoms with van der Waals surface area (Å²) in [7, 11) is 0. The molecule has 0 spiro atoms. The maximum Gasteiger partial charge on any atom is 0.223 e. The number of aliphatic hydroxyl groups excluding tert-OH is 1. The minimum absolute atomic E-state index is 0.101. The molecular formula is C17H21FN4O3. The number of carbonyl (C=O) groups is 2. The van der Waals surface area contributed by atoms with Crippen molar-refractivity contribution in [2.45, 2.75) is 25.9 Å². The van der Waals surface area contributed by atoms with Crippen LogP contribution < -0.4 is 0 Å². The third-order valence-electron chi connectivity index (χ3n) is 4.37. The Morgan fingerprint density at radius 3 is 2.80 bits per heavy atom. The Labute approximate surface area is 144 Å². The Bertz CT molecular complexity index is 791. The molecule has 0 bridgehead atoms. The van der Waals surface area contributed by atoms with Crippen molar-refractivity contribution in [1.29, 1.82) is 0 Å². The van der Waals surface area contributed by atoms with Gasteiger partial charge in [-0.2, -0.15) is 0 Å². The van der Waals surface area contributed by atoms with E-state index in [9.17, 15) is 19.1 Å². The molecule has 1 aromatic carbocycles. The number of halogens is 1. The molecule has 2 heterocycles. The number of nitrogens with zero attached hydrogens (tertiary/aromatic N) is 3. The van der Waals surface area contributed by atoms with Gasteiger partial charge >= 0.3 is 0 Å². The van der Waals surface area contributed by atoms with Gasteiger partial charge in [0.05, 0.1) is 17.1 Å². The summed E-state index contributed by atoms with van der Waals surface area (Å²) >= 11 is 0. The van der Waals surface area contributed by atoms with Gasteiger partial charge in [0.1, 0.15) is 11.6 Å². The molecule has 3 rings (SSSR count). The fourth-order valence-corrected chi connectivity index (χ4v) is 3.04. The Morgan fingerprint density at radius 2 is 2.04 bits per heavy atom. The Morgan fingerprint density at radius 1 is 1.32 bits per heavy atom. The van der Waals surface area contributed by atoms with Gasteiger partial charge in [-0.15, -0.1) is 0 Å². The molecule has 2 amide bonds. The molecule has 25 heavy (non-hydrogen) atoms. The van der Waals surface area contributed by atoms with Crippen molar-refractivity contribution in [3.8, 4) is 0 Å². The first-order chi connectivity index (χ1) is 11.9. The number of aromatic amines is 1. The lowest BCUT2D eigenvalue weighted by Crippen LogP contribution is -2.37. The van der Waals surface area contributed by atoms with Crippen LogP contribution >= 0.6 is 0 Å². The molecule has 0 unspecified atom stereocenters. The maximum atomic E-state index is 13.2. The van der Waals surface area contributed by atoms with Crippen molar-refractivity contribution in [3.05, 3.63) is 29.8 Å². The van der Waals surface area contributed by atoms with Gasteiger partial charge in [0.2, 0.25) is 11.8 Å². The second-order valence-electron chi connectivity index (χ2n) is 6.30. The number of amides is 2. The van der Waals surface area contributed by atoms with Crippen LogP contribution in [0.3, 0.4) is 0 Å². The highest BCUT2D eigenvalue weighted by Crippen LogP contribution is 2.14. The molecular weight excluding hydrogens is 327 g/mol. The number of fused-ring (bicyclic) bond motifs is 1. The van der Waals surface area contributed by atoms with Crippen LogP contribution in [0.15, 0.2) is 18.2 Å². The van der Waals surface area contributed by atoms with E-state index in [0.717, 1.165) is 0 Å². The number of carbonyl (C=O) groups excluding carboxylic acids is 2. The van der Waals surface area contributed by atoms with Crippen LogP contribution in [0.5, 0.6) is 0 Å². The average molecular weight is 348 g/mol. The summed E-state index contributed by atoms with van der Waals surface area (Å²) in [5.74, 6) is 0.0704. The molecule has 1 aliphatic rings. The van der Waals surface area contributed by atoms with Crippen LogP contribution in [0.1, 0.15) is 19.2 Å². The largest absolute Gasteiger partial charge is 0.389 e. The molecule has 2 N–H and O–H groups in total. The van der Waals surface area contributed by atoms with Crippen molar-refractivity contribution in [1.82, 2.24) is 19.8 Å². The first-order valence-electron chi connectivity index (χ1n) is 8.28. The minimum Gasteiger partial charge on any atom is -0.389 e. The lowest BCUT2D eigenvalue weighted by atomic mass is 10.2. The van der Waals surface area contributed by atoms with E-state index in [4.69, 9.17) is 0 Å². The fraction of sp³-hybridized carbons (Fsp3) is 0.471. The molecule has 1 fully saturated rings. The number of benzene rings is 1. The van der Waals surface area contributed by atoms with E-state index in [-0.39, 0.29) is 37.1 Å². The fourth-order valence-electron chi connectivity index (χ4n) is 3.04. The predicted molar refractivity (Wildman–Crippen MR) is 89.2 cm³/mol. The van der Waals surface area contributed by atoms with Gasteiger partial charge in [0, 0.05) is 45.9 Å². The standard InChI is InChI=1S/C17H21FN4O3/c1-11(23)21-6-7-22(10-13(24)9-21)17(25)5-4-16-19-14-3-2-12(18)8-15(14)20-16/h2-3,8,13,24H,4-7,9-10H2,1H3,(H,19,20)/t13-/m1/s1. The van der Waals surface area contributed by atoms with E-state index in [2.05, 4.69) is 9.97 Å². The second kappa shape index (κ2) is 7.18. The Balaban J connectivity index is 1.60. The predicted octanol–water partition coefficient (Wildman–Crippen LogP) is 0.686. The number of aryl methyl sites for hydroxylation is 1. The second-order valence-corrected chi connectivity index (χ2v) is 6.30. The van der Waals surface area contributed by atoms with Gasteiger partial charge in [0.15, 0.2) is 0 Å².